The van der Waals surface area contributed by atoms with Crippen LogP contribution in [-0.2, 0) is 21.3 Å². The van der Waals surface area contributed by atoms with Crippen LogP contribution in [0, 0.1) is 0 Å². The van der Waals surface area contributed by atoms with E-state index >= 15 is 0 Å². The van der Waals surface area contributed by atoms with Crippen LogP contribution in [0.2, 0.25) is 0 Å². The van der Waals surface area contributed by atoms with Gasteiger partial charge < -0.3 is 10.1 Å². The summed E-state index contributed by atoms with van der Waals surface area (Å²) in [7, 11) is -2.12. The fraction of sp³-hybridized carbons (Fsp3) is 0.381. The molecule has 0 radical (unpaired) electrons. The zero-order valence-electron chi connectivity index (χ0n) is 17.1. The Morgan fingerprint density at radius 2 is 1.76 bits per heavy atom. The van der Waals surface area contributed by atoms with E-state index in [1.807, 2.05) is 24.3 Å². The number of anilines is 1. The van der Waals surface area contributed by atoms with Gasteiger partial charge in [0, 0.05) is 31.5 Å². The number of rotatable bonds is 11. The zero-order valence-corrected chi connectivity index (χ0v) is 18.0. The van der Waals surface area contributed by atoms with Gasteiger partial charge in [0.05, 0.1) is 11.5 Å². The van der Waals surface area contributed by atoms with Gasteiger partial charge in [-0.15, -0.1) is 0 Å². The van der Waals surface area contributed by atoms with E-state index in [2.05, 4.69) is 28.8 Å². The Morgan fingerprint density at radius 1 is 1.07 bits per heavy atom. The molecule has 2 N–H and O–H groups in total. The predicted octanol–water partition coefficient (Wildman–Crippen LogP) is 2.71. The molecule has 0 aromatic heterocycles. The van der Waals surface area contributed by atoms with Gasteiger partial charge in [0.1, 0.15) is 0 Å². The number of hydrogen-bond donors (Lipinski definition) is 2. The van der Waals surface area contributed by atoms with Crippen LogP contribution in [0.5, 0.6) is 0 Å². The third-order valence-electron chi connectivity index (χ3n) is 4.51. The topological polar surface area (TPSA) is 87.7 Å². The monoisotopic (exact) mass is 419 g/mol. The van der Waals surface area contributed by atoms with Crippen molar-refractivity contribution < 1.29 is 17.9 Å². The molecule has 0 saturated carbocycles. The molecule has 0 atom stereocenters. The van der Waals surface area contributed by atoms with Crippen molar-refractivity contribution in [2.75, 3.05) is 38.7 Å². The SMILES string of the molecule is CCN(CC)Cc1cccc(NC(=O)c2ccc(S(=O)(=O)NCCOC)cc2)c1. The van der Waals surface area contributed by atoms with Gasteiger partial charge in [-0.3, -0.25) is 9.69 Å². The molecule has 2 aromatic rings. The average molecular weight is 420 g/mol. The number of nitrogens with zero attached hydrogens (tertiary/aromatic N) is 1. The number of amides is 1. The van der Waals surface area contributed by atoms with Crippen molar-refractivity contribution in [3.63, 3.8) is 0 Å². The van der Waals surface area contributed by atoms with Crippen LogP contribution < -0.4 is 10.0 Å². The quantitative estimate of drug-likeness (QED) is 0.547. The first kappa shape index (κ1) is 23.0. The Balaban J connectivity index is 2.04. The molecule has 1 amide bonds. The van der Waals surface area contributed by atoms with Crippen LogP contribution in [0.3, 0.4) is 0 Å². The maximum atomic E-state index is 12.5. The largest absolute Gasteiger partial charge is 0.383 e. The average Bonchev–Trinajstić information content (AvgIpc) is 2.72. The minimum Gasteiger partial charge on any atom is -0.383 e. The Bertz CT molecular complexity index is 894. The highest BCUT2D eigenvalue weighted by Crippen LogP contribution is 2.15. The second kappa shape index (κ2) is 11.1. The van der Waals surface area contributed by atoms with Crippen LogP contribution in [0.4, 0.5) is 5.69 Å². The first-order chi connectivity index (χ1) is 13.9. The zero-order chi connectivity index (χ0) is 21.3. The highest BCUT2D eigenvalue weighted by atomic mass is 32.2. The second-order valence-electron chi connectivity index (χ2n) is 6.53. The minimum absolute atomic E-state index is 0.103. The number of ether oxygens (including phenoxy) is 1. The molecule has 0 aliphatic rings. The Hall–Kier alpha value is -2.26. The highest BCUT2D eigenvalue weighted by Gasteiger charge is 2.14. The first-order valence-electron chi connectivity index (χ1n) is 9.61. The summed E-state index contributed by atoms with van der Waals surface area (Å²) in [5.74, 6) is -0.290. The van der Waals surface area contributed by atoms with Gasteiger partial charge in [-0.05, 0) is 55.1 Å². The lowest BCUT2D eigenvalue weighted by atomic mass is 10.1. The molecule has 29 heavy (non-hydrogen) atoms. The normalized spacial score (nSPS) is 11.6. The number of nitrogens with one attached hydrogen (secondary N) is 2. The molecule has 0 fully saturated rings. The summed E-state index contributed by atoms with van der Waals surface area (Å²) in [5, 5.41) is 2.87. The number of sulfonamides is 1. The third kappa shape index (κ3) is 6.93. The number of carbonyl (C=O) groups excluding carboxylic acids is 1. The maximum absolute atomic E-state index is 12.5. The van der Waals surface area contributed by atoms with Crippen molar-refractivity contribution in [2.45, 2.75) is 25.3 Å². The van der Waals surface area contributed by atoms with Crippen molar-refractivity contribution in [1.29, 1.82) is 0 Å². The molecular weight excluding hydrogens is 390 g/mol. The maximum Gasteiger partial charge on any atom is 0.255 e. The van der Waals surface area contributed by atoms with Crippen LogP contribution in [0.15, 0.2) is 53.4 Å². The van der Waals surface area contributed by atoms with Gasteiger partial charge in [0.25, 0.3) is 5.91 Å². The Kier molecular flexibility index (Phi) is 8.78. The van der Waals surface area contributed by atoms with Crippen molar-refractivity contribution in [3.05, 3.63) is 59.7 Å². The molecule has 0 bridgehead atoms. The van der Waals surface area contributed by atoms with E-state index in [-0.39, 0.29) is 24.0 Å². The van der Waals surface area contributed by atoms with E-state index in [0.29, 0.717) is 11.3 Å². The predicted molar refractivity (Wildman–Crippen MR) is 115 cm³/mol. The molecule has 0 aliphatic heterocycles. The lowest BCUT2D eigenvalue weighted by molar-refractivity contribution is 0.102. The number of benzene rings is 2. The number of methoxy groups -OCH3 is 1. The van der Waals surface area contributed by atoms with Crippen LogP contribution in [0.25, 0.3) is 0 Å². The smallest absolute Gasteiger partial charge is 0.255 e. The third-order valence-corrected chi connectivity index (χ3v) is 5.99. The van der Waals surface area contributed by atoms with Crippen molar-refractivity contribution in [2.24, 2.45) is 0 Å². The van der Waals surface area contributed by atoms with E-state index in [1.54, 1.807) is 0 Å². The van der Waals surface area contributed by atoms with Crippen LogP contribution in [-0.4, -0.2) is 52.6 Å². The lowest BCUT2D eigenvalue weighted by Gasteiger charge is -2.18. The lowest BCUT2D eigenvalue weighted by Crippen LogP contribution is -2.27. The van der Waals surface area contributed by atoms with Gasteiger partial charge in [-0.25, -0.2) is 13.1 Å². The van der Waals surface area contributed by atoms with E-state index in [1.165, 1.54) is 31.4 Å². The fourth-order valence-electron chi connectivity index (χ4n) is 2.80. The van der Waals surface area contributed by atoms with Crippen molar-refractivity contribution in [1.82, 2.24) is 9.62 Å². The molecule has 0 heterocycles. The van der Waals surface area contributed by atoms with Gasteiger partial charge in [-0.2, -0.15) is 0 Å². The number of carbonyl (C=O) groups is 1. The summed E-state index contributed by atoms with van der Waals surface area (Å²) < 4.78 is 31.6. The molecule has 2 rings (SSSR count). The molecular formula is C21H29N3O4S. The van der Waals surface area contributed by atoms with E-state index in [4.69, 9.17) is 4.74 Å². The van der Waals surface area contributed by atoms with Gasteiger partial charge >= 0.3 is 0 Å². The second-order valence-corrected chi connectivity index (χ2v) is 8.30. The first-order valence-corrected chi connectivity index (χ1v) is 11.1. The summed E-state index contributed by atoms with van der Waals surface area (Å²) in [4.78, 5) is 14.9. The number of hydrogen-bond acceptors (Lipinski definition) is 5. The molecule has 0 unspecified atom stereocenters. The highest BCUT2D eigenvalue weighted by molar-refractivity contribution is 7.89. The van der Waals surface area contributed by atoms with Crippen LogP contribution >= 0.6 is 0 Å². The summed E-state index contributed by atoms with van der Waals surface area (Å²) in [5.41, 5.74) is 2.21. The summed E-state index contributed by atoms with van der Waals surface area (Å²) in [6.45, 7) is 7.45. The molecule has 0 spiro atoms. The summed E-state index contributed by atoms with van der Waals surface area (Å²) in [6, 6.07) is 13.6. The van der Waals surface area contributed by atoms with E-state index < -0.39 is 10.0 Å². The summed E-state index contributed by atoms with van der Waals surface area (Å²) in [6.07, 6.45) is 0. The van der Waals surface area contributed by atoms with Crippen LogP contribution in [0.1, 0.15) is 29.8 Å². The van der Waals surface area contributed by atoms with Gasteiger partial charge in [-0.1, -0.05) is 26.0 Å². The van der Waals surface area contributed by atoms with Gasteiger partial charge in [0.15, 0.2) is 0 Å². The van der Waals surface area contributed by atoms with Crippen molar-refractivity contribution >= 4 is 21.6 Å². The molecule has 2 aromatic carbocycles. The molecule has 158 valence electrons. The molecule has 8 heteroatoms. The standard InChI is InChI=1S/C21H29N3O4S/c1-4-24(5-2)16-17-7-6-8-19(15-17)23-21(25)18-9-11-20(12-10-18)29(26,27)22-13-14-28-3/h6-12,15,22H,4-5,13-14,16H2,1-3H3,(H,23,25). The fourth-order valence-corrected chi connectivity index (χ4v) is 3.82. The van der Waals surface area contributed by atoms with Gasteiger partial charge in [0.2, 0.25) is 10.0 Å². The molecule has 7 nitrogen and oxygen atoms in total. The summed E-state index contributed by atoms with van der Waals surface area (Å²) >= 11 is 0. The molecule has 0 aliphatic carbocycles. The van der Waals surface area contributed by atoms with E-state index in [0.717, 1.165) is 25.2 Å². The Morgan fingerprint density at radius 3 is 2.38 bits per heavy atom. The van der Waals surface area contributed by atoms with E-state index in [9.17, 15) is 13.2 Å². The minimum atomic E-state index is -3.62. The molecule has 0 saturated heterocycles. The van der Waals surface area contributed by atoms with Crippen molar-refractivity contribution in [3.8, 4) is 0 Å². The Labute approximate surface area is 173 Å².